The highest BCUT2D eigenvalue weighted by molar-refractivity contribution is 9.10. The van der Waals surface area contributed by atoms with Gasteiger partial charge in [-0.2, -0.15) is 0 Å². The van der Waals surface area contributed by atoms with Crippen LogP contribution in [-0.2, 0) is 0 Å². The van der Waals surface area contributed by atoms with Crippen LogP contribution in [0.5, 0.6) is 0 Å². The monoisotopic (exact) mass is 373 g/mol. The summed E-state index contributed by atoms with van der Waals surface area (Å²) in [6, 6.07) is 5.85. The lowest BCUT2D eigenvalue weighted by molar-refractivity contribution is 0.0786. The van der Waals surface area contributed by atoms with E-state index in [0.717, 1.165) is 46.9 Å². The lowest BCUT2D eigenvalue weighted by atomic mass is 10.1. The van der Waals surface area contributed by atoms with E-state index in [-0.39, 0.29) is 5.91 Å². The summed E-state index contributed by atoms with van der Waals surface area (Å²) in [6.07, 6.45) is 2.29. The number of hydrogen-bond donors (Lipinski definition) is 0. The molecule has 0 aromatic heterocycles. The van der Waals surface area contributed by atoms with Gasteiger partial charge in [-0.15, -0.1) is 0 Å². The summed E-state index contributed by atoms with van der Waals surface area (Å²) in [5.41, 5.74) is 1.87. The summed E-state index contributed by atoms with van der Waals surface area (Å²) in [5, 5.41) is 1.02. The Kier molecular flexibility index (Phi) is 4.84. The first kappa shape index (κ1) is 14.1. The number of alkyl halides is 1. The van der Waals surface area contributed by atoms with Gasteiger partial charge in [0, 0.05) is 28.5 Å². The molecular formula is C14H17Br2NO. The Balaban J connectivity index is 2.08. The summed E-state index contributed by atoms with van der Waals surface area (Å²) >= 11 is 6.90. The quantitative estimate of drug-likeness (QED) is 0.732. The van der Waals surface area contributed by atoms with Gasteiger partial charge in [0.05, 0.1) is 0 Å². The zero-order valence-electron chi connectivity index (χ0n) is 10.5. The maximum Gasteiger partial charge on any atom is 0.254 e. The fourth-order valence-corrected chi connectivity index (χ4v) is 3.57. The number of nitrogens with zero attached hydrogens (tertiary/aromatic N) is 1. The molecule has 18 heavy (non-hydrogen) atoms. The summed E-state index contributed by atoms with van der Waals surface area (Å²) in [7, 11) is 0. The zero-order valence-corrected chi connectivity index (χ0v) is 13.6. The van der Waals surface area contributed by atoms with Crippen molar-refractivity contribution in [3.05, 3.63) is 33.8 Å². The Morgan fingerprint density at radius 3 is 2.94 bits per heavy atom. The molecule has 0 aliphatic carbocycles. The van der Waals surface area contributed by atoms with E-state index in [9.17, 15) is 4.79 Å². The van der Waals surface area contributed by atoms with Gasteiger partial charge in [-0.25, -0.2) is 0 Å². The van der Waals surface area contributed by atoms with Gasteiger partial charge in [0.15, 0.2) is 0 Å². The molecule has 0 saturated carbocycles. The molecule has 4 heteroatoms. The van der Waals surface area contributed by atoms with Crippen LogP contribution in [0.15, 0.2) is 22.7 Å². The number of likely N-dealkylation sites (tertiary alicyclic amines) is 1. The van der Waals surface area contributed by atoms with Gasteiger partial charge in [0.1, 0.15) is 0 Å². The van der Waals surface area contributed by atoms with Crippen molar-refractivity contribution in [1.29, 1.82) is 0 Å². The molecule has 98 valence electrons. The molecule has 1 amide bonds. The molecule has 0 N–H and O–H groups in total. The second-order valence-corrected chi connectivity index (χ2v) is 6.55. The number of halogens is 2. The number of carbonyl (C=O) groups excluding carboxylic acids is 1. The van der Waals surface area contributed by atoms with Crippen LogP contribution in [0, 0.1) is 12.8 Å². The molecule has 0 radical (unpaired) electrons. The van der Waals surface area contributed by atoms with Crippen LogP contribution >= 0.6 is 31.9 Å². The Hall–Kier alpha value is -0.350. The number of amides is 1. The Morgan fingerprint density at radius 1 is 1.50 bits per heavy atom. The van der Waals surface area contributed by atoms with Gasteiger partial charge in [-0.1, -0.05) is 31.9 Å². The molecule has 1 aromatic rings. The van der Waals surface area contributed by atoms with E-state index in [0.29, 0.717) is 5.92 Å². The van der Waals surface area contributed by atoms with E-state index in [1.807, 2.05) is 30.0 Å². The molecule has 1 aliphatic heterocycles. The van der Waals surface area contributed by atoms with Crippen LogP contribution in [-0.4, -0.2) is 29.2 Å². The van der Waals surface area contributed by atoms with Gasteiger partial charge < -0.3 is 4.90 Å². The molecule has 2 nitrogen and oxygen atoms in total. The SMILES string of the molecule is Cc1cc(Br)ccc1C(=O)N1CCC(CCBr)C1. The number of hydrogen-bond acceptors (Lipinski definition) is 1. The molecular weight excluding hydrogens is 358 g/mol. The summed E-state index contributed by atoms with van der Waals surface area (Å²) in [5.74, 6) is 0.834. The largest absolute Gasteiger partial charge is 0.338 e. The molecule has 1 saturated heterocycles. The lowest BCUT2D eigenvalue weighted by Gasteiger charge is -2.17. The van der Waals surface area contributed by atoms with Gasteiger partial charge in [0.2, 0.25) is 0 Å². The highest BCUT2D eigenvalue weighted by Crippen LogP contribution is 2.24. The van der Waals surface area contributed by atoms with E-state index in [2.05, 4.69) is 31.9 Å². The van der Waals surface area contributed by atoms with Gasteiger partial charge >= 0.3 is 0 Å². The minimum Gasteiger partial charge on any atom is -0.338 e. The summed E-state index contributed by atoms with van der Waals surface area (Å²) in [4.78, 5) is 14.4. The first-order chi connectivity index (χ1) is 8.61. The molecule has 1 fully saturated rings. The predicted molar refractivity (Wildman–Crippen MR) is 81.3 cm³/mol. The zero-order chi connectivity index (χ0) is 13.1. The standard InChI is InChI=1S/C14H17Br2NO/c1-10-8-12(16)2-3-13(10)14(18)17-7-5-11(9-17)4-6-15/h2-3,8,11H,4-7,9H2,1H3. The molecule has 1 aromatic carbocycles. The number of aryl methyl sites for hydroxylation is 1. The first-order valence-electron chi connectivity index (χ1n) is 6.23. The summed E-state index contributed by atoms with van der Waals surface area (Å²) < 4.78 is 1.02. The molecule has 0 spiro atoms. The highest BCUT2D eigenvalue weighted by Gasteiger charge is 2.27. The van der Waals surface area contributed by atoms with Crippen molar-refractivity contribution in [2.24, 2.45) is 5.92 Å². The first-order valence-corrected chi connectivity index (χ1v) is 8.14. The van der Waals surface area contributed by atoms with Crippen LogP contribution in [0.2, 0.25) is 0 Å². The average Bonchev–Trinajstić information content (AvgIpc) is 2.77. The van der Waals surface area contributed by atoms with Crippen molar-refractivity contribution >= 4 is 37.8 Å². The Morgan fingerprint density at radius 2 is 2.28 bits per heavy atom. The third-order valence-electron chi connectivity index (χ3n) is 3.51. The van der Waals surface area contributed by atoms with Crippen LogP contribution in [0.3, 0.4) is 0 Å². The maximum atomic E-state index is 12.4. The van der Waals surface area contributed by atoms with Crippen LogP contribution < -0.4 is 0 Å². The fraction of sp³-hybridized carbons (Fsp3) is 0.500. The molecule has 1 heterocycles. The molecule has 2 rings (SSSR count). The van der Waals surface area contributed by atoms with Gasteiger partial charge in [-0.05, 0) is 49.4 Å². The Labute approximate surface area is 125 Å². The van der Waals surface area contributed by atoms with Crippen molar-refractivity contribution < 1.29 is 4.79 Å². The second kappa shape index (κ2) is 6.20. The molecule has 1 aliphatic rings. The number of carbonyl (C=O) groups is 1. The van der Waals surface area contributed by atoms with E-state index < -0.39 is 0 Å². The van der Waals surface area contributed by atoms with E-state index in [1.54, 1.807) is 0 Å². The van der Waals surface area contributed by atoms with Crippen molar-refractivity contribution in [2.45, 2.75) is 19.8 Å². The van der Waals surface area contributed by atoms with E-state index in [4.69, 9.17) is 0 Å². The van der Waals surface area contributed by atoms with Crippen molar-refractivity contribution in [3.8, 4) is 0 Å². The third-order valence-corrected chi connectivity index (χ3v) is 4.46. The fourth-order valence-electron chi connectivity index (χ4n) is 2.44. The molecule has 1 unspecified atom stereocenters. The number of benzene rings is 1. The maximum absolute atomic E-state index is 12.4. The third kappa shape index (κ3) is 3.15. The summed E-state index contributed by atoms with van der Waals surface area (Å²) in [6.45, 7) is 3.79. The minimum absolute atomic E-state index is 0.178. The van der Waals surface area contributed by atoms with Crippen molar-refractivity contribution in [2.75, 3.05) is 18.4 Å². The highest BCUT2D eigenvalue weighted by atomic mass is 79.9. The van der Waals surface area contributed by atoms with Crippen LogP contribution in [0.1, 0.15) is 28.8 Å². The van der Waals surface area contributed by atoms with Crippen molar-refractivity contribution in [1.82, 2.24) is 4.90 Å². The molecule has 1 atom stereocenters. The van der Waals surface area contributed by atoms with Crippen LogP contribution in [0.25, 0.3) is 0 Å². The topological polar surface area (TPSA) is 20.3 Å². The normalized spacial score (nSPS) is 19.3. The second-order valence-electron chi connectivity index (χ2n) is 4.84. The van der Waals surface area contributed by atoms with Gasteiger partial charge in [-0.3, -0.25) is 4.79 Å². The smallest absolute Gasteiger partial charge is 0.254 e. The Bertz CT molecular complexity index is 447. The molecule has 0 bridgehead atoms. The van der Waals surface area contributed by atoms with Gasteiger partial charge in [0.25, 0.3) is 5.91 Å². The average molecular weight is 375 g/mol. The van der Waals surface area contributed by atoms with Crippen molar-refractivity contribution in [3.63, 3.8) is 0 Å². The minimum atomic E-state index is 0.178. The van der Waals surface area contributed by atoms with E-state index >= 15 is 0 Å². The van der Waals surface area contributed by atoms with Crippen LogP contribution in [0.4, 0.5) is 0 Å². The lowest BCUT2D eigenvalue weighted by Crippen LogP contribution is -2.29. The van der Waals surface area contributed by atoms with E-state index in [1.165, 1.54) is 0 Å². The predicted octanol–water partition coefficient (Wildman–Crippen LogP) is 4.00. The number of rotatable bonds is 3.